The molecule has 23 heavy (non-hydrogen) atoms. The van der Waals surface area contributed by atoms with Crippen molar-refractivity contribution in [1.82, 2.24) is 10.1 Å². The van der Waals surface area contributed by atoms with Crippen molar-refractivity contribution in [2.45, 2.75) is 19.8 Å². The van der Waals surface area contributed by atoms with Crippen LogP contribution in [0.15, 0.2) is 28.8 Å². The van der Waals surface area contributed by atoms with E-state index in [1.54, 1.807) is 12.0 Å². The number of fused-ring (bicyclic) bond motifs is 1. The number of hydrogen-bond donors (Lipinski definition) is 0. The largest absolute Gasteiger partial charge is 0.496 e. The predicted octanol–water partition coefficient (Wildman–Crippen LogP) is 2.91. The van der Waals surface area contributed by atoms with Crippen molar-refractivity contribution in [1.29, 1.82) is 0 Å². The highest BCUT2D eigenvalue weighted by atomic mass is 16.6. The second kappa shape index (κ2) is 6.73. The first-order valence-corrected chi connectivity index (χ1v) is 7.77. The molecule has 0 fully saturated rings. The van der Waals surface area contributed by atoms with Crippen LogP contribution in [0.2, 0.25) is 0 Å². The van der Waals surface area contributed by atoms with Gasteiger partial charge in [0.2, 0.25) is 0 Å². The van der Waals surface area contributed by atoms with Gasteiger partial charge < -0.3 is 18.9 Å². The maximum atomic E-state index is 11.9. The van der Waals surface area contributed by atoms with E-state index < -0.39 is 0 Å². The topological polar surface area (TPSA) is 64.8 Å². The normalized spacial score (nSPS) is 14.1. The smallest absolute Gasteiger partial charge is 0.409 e. The molecular weight excluding hydrogens is 296 g/mol. The molecule has 0 saturated heterocycles. The molecular formula is C17H20N2O4. The highest BCUT2D eigenvalue weighted by Crippen LogP contribution is 2.34. The molecule has 122 valence electrons. The molecule has 6 heteroatoms. The first-order valence-electron chi connectivity index (χ1n) is 7.77. The molecule has 0 atom stereocenters. The fourth-order valence-corrected chi connectivity index (χ4v) is 2.84. The van der Waals surface area contributed by atoms with Crippen LogP contribution in [0.1, 0.15) is 18.2 Å². The van der Waals surface area contributed by atoms with E-state index in [4.69, 9.17) is 14.0 Å². The van der Waals surface area contributed by atoms with Crippen LogP contribution in [-0.2, 0) is 17.6 Å². The molecule has 0 saturated carbocycles. The summed E-state index contributed by atoms with van der Waals surface area (Å²) in [6.45, 7) is 3.37. The van der Waals surface area contributed by atoms with E-state index in [1.807, 2.05) is 31.2 Å². The third-order valence-electron chi connectivity index (χ3n) is 4.00. The third kappa shape index (κ3) is 3.02. The van der Waals surface area contributed by atoms with Gasteiger partial charge in [-0.1, -0.05) is 17.3 Å². The summed E-state index contributed by atoms with van der Waals surface area (Å²) < 4.78 is 16.1. The fraction of sp³-hybridized carbons (Fsp3) is 0.412. The van der Waals surface area contributed by atoms with Gasteiger partial charge >= 0.3 is 6.09 Å². The average molecular weight is 316 g/mol. The Morgan fingerprint density at radius 1 is 1.30 bits per heavy atom. The predicted molar refractivity (Wildman–Crippen MR) is 84.5 cm³/mol. The number of carbonyl (C=O) groups is 1. The van der Waals surface area contributed by atoms with Gasteiger partial charge in [0.25, 0.3) is 0 Å². The zero-order chi connectivity index (χ0) is 16.2. The Hall–Kier alpha value is -2.50. The number of benzene rings is 1. The Kier molecular flexibility index (Phi) is 4.50. The third-order valence-corrected chi connectivity index (χ3v) is 4.00. The summed E-state index contributed by atoms with van der Waals surface area (Å²) in [6.07, 6.45) is 1.08. The van der Waals surface area contributed by atoms with Crippen LogP contribution in [0.4, 0.5) is 4.79 Å². The van der Waals surface area contributed by atoms with E-state index in [9.17, 15) is 4.79 Å². The molecule has 2 heterocycles. The summed E-state index contributed by atoms with van der Waals surface area (Å²) in [5, 5.41) is 4.20. The molecule has 0 radical (unpaired) electrons. The van der Waals surface area contributed by atoms with E-state index in [0.29, 0.717) is 32.5 Å². The van der Waals surface area contributed by atoms with Gasteiger partial charge in [-0.15, -0.1) is 0 Å². The summed E-state index contributed by atoms with van der Waals surface area (Å²) in [6, 6.07) is 7.70. The molecule has 6 nitrogen and oxygen atoms in total. The Bertz CT molecular complexity index is 696. The van der Waals surface area contributed by atoms with Crippen molar-refractivity contribution in [3.05, 3.63) is 35.5 Å². The summed E-state index contributed by atoms with van der Waals surface area (Å²) >= 11 is 0. The Labute approximate surface area is 135 Å². The van der Waals surface area contributed by atoms with Crippen LogP contribution in [0, 0.1) is 0 Å². The maximum absolute atomic E-state index is 11.9. The van der Waals surface area contributed by atoms with Crippen molar-refractivity contribution in [3.8, 4) is 17.1 Å². The monoisotopic (exact) mass is 316 g/mol. The van der Waals surface area contributed by atoms with Gasteiger partial charge in [-0.2, -0.15) is 0 Å². The first-order chi connectivity index (χ1) is 11.2. The molecule has 1 amide bonds. The van der Waals surface area contributed by atoms with E-state index >= 15 is 0 Å². The molecule has 0 unspecified atom stereocenters. The van der Waals surface area contributed by atoms with Gasteiger partial charge in [0.15, 0.2) is 5.76 Å². The number of aromatic nitrogens is 1. The fourth-order valence-electron chi connectivity index (χ4n) is 2.84. The van der Waals surface area contributed by atoms with Crippen molar-refractivity contribution < 1.29 is 18.8 Å². The van der Waals surface area contributed by atoms with Crippen LogP contribution in [0.25, 0.3) is 11.3 Å². The summed E-state index contributed by atoms with van der Waals surface area (Å²) in [7, 11) is 1.64. The van der Waals surface area contributed by atoms with Crippen LogP contribution in [0.5, 0.6) is 5.75 Å². The molecule has 0 spiro atoms. The molecule has 1 aromatic heterocycles. The number of rotatable bonds is 3. The van der Waals surface area contributed by atoms with Crippen LogP contribution < -0.4 is 4.74 Å². The molecule has 0 N–H and O–H groups in total. The molecule has 0 aliphatic carbocycles. The standard InChI is InChI=1S/C17H20N2O4/c1-3-22-17(20)19-10-8-12-14(9-11-19)18-23-16(12)13-6-4-5-7-15(13)21-2/h4-7H,3,8-11H2,1-2H3. The van der Waals surface area contributed by atoms with Gasteiger partial charge in [0.1, 0.15) is 5.75 Å². The Morgan fingerprint density at radius 2 is 2.09 bits per heavy atom. The average Bonchev–Trinajstić information content (AvgIpc) is 2.86. The van der Waals surface area contributed by atoms with Gasteiger partial charge in [-0.25, -0.2) is 4.79 Å². The zero-order valence-electron chi connectivity index (χ0n) is 13.4. The molecule has 2 aromatic rings. The van der Waals surface area contributed by atoms with Crippen molar-refractivity contribution in [3.63, 3.8) is 0 Å². The number of methoxy groups -OCH3 is 1. The van der Waals surface area contributed by atoms with E-state index in [2.05, 4.69) is 5.16 Å². The van der Waals surface area contributed by atoms with Gasteiger partial charge in [-0.3, -0.25) is 0 Å². The first kappa shape index (κ1) is 15.4. The van der Waals surface area contributed by atoms with Gasteiger partial charge in [0, 0.05) is 25.1 Å². The molecule has 1 aromatic carbocycles. The molecule has 1 aliphatic rings. The van der Waals surface area contributed by atoms with Gasteiger partial charge in [0.05, 0.1) is 25.0 Å². The van der Waals surface area contributed by atoms with Crippen LogP contribution in [-0.4, -0.2) is 43.0 Å². The quantitative estimate of drug-likeness (QED) is 0.871. The second-order valence-electron chi connectivity index (χ2n) is 5.32. The lowest BCUT2D eigenvalue weighted by Gasteiger charge is -2.19. The highest BCUT2D eigenvalue weighted by Gasteiger charge is 2.26. The van der Waals surface area contributed by atoms with Crippen molar-refractivity contribution in [2.24, 2.45) is 0 Å². The number of nitrogens with zero attached hydrogens (tertiary/aromatic N) is 2. The lowest BCUT2D eigenvalue weighted by molar-refractivity contribution is 0.108. The van der Waals surface area contributed by atoms with Crippen LogP contribution in [0.3, 0.4) is 0 Å². The lowest BCUT2D eigenvalue weighted by Crippen LogP contribution is -2.33. The Balaban J connectivity index is 1.87. The van der Waals surface area contributed by atoms with E-state index in [-0.39, 0.29) is 6.09 Å². The Morgan fingerprint density at radius 3 is 2.87 bits per heavy atom. The van der Waals surface area contributed by atoms with E-state index in [0.717, 1.165) is 28.3 Å². The summed E-state index contributed by atoms with van der Waals surface area (Å²) in [5.74, 6) is 1.47. The molecule has 3 rings (SSSR count). The molecule has 0 bridgehead atoms. The lowest BCUT2D eigenvalue weighted by atomic mass is 10.0. The van der Waals surface area contributed by atoms with E-state index in [1.165, 1.54) is 0 Å². The number of para-hydroxylation sites is 1. The number of carbonyl (C=O) groups excluding carboxylic acids is 1. The van der Waals surface area contributed by atoms with Gasteiger partial charge in [-0.05, 0) is 25.5 Å². The molecule has 1 aliphatic heterocycles. The summed E-state index contributed by atoms with van der Waals surface area (Å²) in [4.78, 5) is 13.6. The second-order valence-corrected chi connectivity index (χ2v) is 5.32. The highest BCUT2D eigenvalue weighted by molar-refractivity contribution is 5.70. The number of amides is 1. The van der Waals surface area contributed by atoms with Crippen LogP contribution >= 0.6 is 0 Å². The minimum absolute atomic E-state index is 0.270. The minimum atomic E-state index is -0.270. The summed E-state index contributed by atoms with van der Waals surface area (Å²) in [5.41, 5.74) is 2.83. The zero-order valence-corrected chi connectivity index (χ0v) is 13.4. The number of ether oxygens (including phenoxy) is 2. The maximum Gasteiger partial charge on any atom is 0.409 e. The minimum Gasteiger partial charge on any atom is -0.496 e. The van der Waals surface area contributed by atoms with Crippen molar-refractivity contribution >= 4 is 6.09 Å². The number of hydrogen-bond acceptors (Lipinski definition) is 5. The van der Waals surface area contributed by atoms with Crippen molar-refractivity contribution in [2.75, 3.05) is 26.8 Å². The SMILES string of the molecule is CCOC(=O)N1CCc2noc(-c3ccccc3OC)c2CC1.